The molecule has 1 amide bonds. The van der Waals surface area contributed by atoms with Crippen LogP contribution in [-0.4, -0.2) is 43.5 Å². The highest BCUT2D eigenvalue weighted by Crippen LogP contribution is 2.17. The zero-order valence-corrected chi connectivity index (χ0v) is 11.6. The van der Waals surface area contributed by atoms with Gasteiger partial charge in [0.25, 0.3) is 0 Å². The number of fused-ring (bicyclic) bond motifs is 1. The van der Waals surface area contributed by atoms with Gasteiger partial charge in [0, 0.05) is 43.3 Å². The van der Waals surface area contributed by atoms with Crippen LogP contribution in [0.1, 0.15) is 0 Å². The van der Waals surface area contributed by atoms with Gasteiger partial charge in [0.15, 0.2) is 0 Å². The van der Waals surface area contributed by atoms with Gasteiger partial charge in [-0.2, -0.15) is 0 Å². The predicted molar refractivity (Wildman–Crippen MR) is 80.4 cm³/mol. The van der Waals surface area contributed by atoms with E-state index in [1.165, 1.54) is 6.07 Å². The number of piperazine rings is 1. The number of carbonyl (C=O) groups excluding carboxylic acids is 1. The van der Waals surface area contributed by atoms with Gasteiger partial charge in [-0.1, -0.05) is 0 Å². The Hall–Kier alpha value is -2.18. The van der Waals surface area contributed by atoms with Gasteiger partial charge >= 0.3 is 5.63 Å². The summed E-state index contributed by atoms with van der Waals surface area (Å²) in [7, 11) is 0. The normalized spacial score (nSPS) is 16.0. The molecular weight excluding hydrogens is 270 g/mol. The van der Waals surface area contributed by atoms with Crippen LogP contribution in [0.3, 0.4) is 0 Å². The van der Waals surface area contributed by atoms with Crippen molar-refractivity contribution >= 4 is 22.6 Å². The number of hydrogen-bond acceptors (Lipinski definition) is 5. The summed E-state index contributed by atoms with van der Waals surface area (Å²) in [6.07, 6.45) is 0. The monoisotopic (exact) mass is 287 g/mol. The zero-order valence-electron chi connectivity index (χ0n) is 11.6. The van der Waals surface area contributed by atoms with Crippen LogP contribution < -0.4 is 16.3 Å². The van der Waals surface area contributed by atoms with E-state index >= 15 is 0 Å². The summed E-state index contributed by atoms with van der Waals surface area (Å²) in [5, 5.41) is 6.91. The van der Waals surface area contributed by atoms with Crippen LogP contribution in [-0.2, 0) is 4.79 Å². The van der Waals surface area contributed by atoms with E-state index in [4.69, 9.17) is 4.42 Å². The number of amides is 1. The molecular formula is C15H17N3O3. The maximum absolute atomic E-state index is 12.0. The Morgan fingerprint density at radius 2 is 2.05 bits per heavy atom. The van der Waals surface area contributed by atoms with Crippen molar-refractivity contribution in [3.63, 3.8) is 0 Å². The maximum atomic E-state index is 12.0. The molecule has 2 aromatic rings. The molecule has 110 valence electrons. The van der Waals surface area contributed by atoms with E-state index in [1.807, 2.05) is 0 Å². The Balaban J connectivity index is 1.67. The summed E-state index contributed by atoms with van der Waals surface area (Å²) in [5.74, 6) is -0.0337. The molecule has 1 saturated heterocycles. The van der Waals surface area contributed by atoms with Crippen LogP contribution in [0.4, 0.5) is 5.69 Å². The molecule has 21 heavy (non-hydrogen) atoms. The van der Waals surface area contributed by atoms with E-state index in [2.05, 4.69) is 15.5 Å². The molecule has 1 fully saturated rings. The van der Waals surface area contributed by atoms with Gasteiger partial charge in [0.2, 0.25) is 5.91 Å². The largest absolute Gasteiger partial charge is 0.423 e. The number of carbonyl (C=O) groups is 1. The van der Waals surface area contributed by atoms with Gasteiger partial charge in [0.1, 0.15) is 5.58 Å². The lowest BCUT2D eigenvalue weighted by molar-refractivity contribution is -0.117. The summed E-state index contributed by atoms with van der Waals surface area (Å²) >= 11 is 0. The van der Waals surface area contributed by atoms with Gasteiger partial charge in [-0.05, 0) is 24.3 Å². The molecule has 0 bridgehead atoms. The second kappa shape index (κ2) is 6.07. The molecule has 6 heteroatoms. The molecule has 3 rings (SSSR count). The molecule has 0 saturated carbocycles. The van der Waals surface area contributed by atoms with E-state index in [9.17, 15) is 9.59 Å². The smallest absolute Gasteiger partial charge is 0.336 e. The fraction of sp³-hybridized carbons (Fsp3) is 0.333. The lowest BCUT2D eigenvalue weighted by Gasteiger charge is -2.26. The van der Waals surface area contributed by atoms with Crippen LogP contribution in [0.5, 0.6) is 0 Å². The Bertz CT molecular complexity index is 705. The first-order chi connectivity index (χ1) is 10.2. The van der Waals surface area contributed by atoms with Crippen molar-refractivity contribution < 1.29 is 9.21 Å². The molecule has 0 unspecified atom stereocenters. The highest BCUT2D eigenvalue weighted by molar-refractivity contribution is 5.94. The van der Waals surface area contributed by atoms with Crippen molar-refractivity contribution in [2.45, 2.75) is 0 Å². The molecule has 0 aliphatic carbocycles. The van der Waals surface area contributed by atoms with Gasteiger partial charge in [-0.3, -0.25) is 9.69 Å². The van der Waals surface area contributed by atoms with Gasteiger partial charge in [0.05, 0.1) is 6.54 Å². The second-order valence-corrected chi connectivity index (χ2v) is 5.08. The standard InChI is InChI=1S/C15H17N3O3/c19-14(10-18-7-5-16-6-8-18)17-12-2-3-13-11(9-12)1-4-15(20)21-13/h1-4,9,16H,5-8,10H2,(H,17,19). The van der Waals surface area contributed by atoms with E-state index in [0.29, 0.717) is 17.8 Å². The van der Waals surface area contributed by atoms with Crippen LogP contribution in [0, 0.1) is 0 Å². The summed E-state index contributed by atoms with van der Waals surface area (Å²) in [5.41, 5.74) is 0.845. The minimum Gasteiger partial charge on any atom is -0.423 e. The zero-order chi connectivity index (χ0) is 14.7. The van der Waals surface area contributed by atoms with Crippen LogP contribution in [0.25, 0.3) is 11.0 Å². The van der Waals surface area contributed by atoms with Crippen molar-refractivity contribution in [3.05, 3.63) is 40.8 Å². The van der Waals surface area contributed by atoms with E-state index in [1.54, 1.807) is 24.3 Å². The van der Waals surface area contributed by atoms with Crippen molar-refractivity contribution in [2.75, 3.05) is 38.0 Å². The van der Waals surface area contributed by atoms with Crippen molar-refractivity contribution in [1.29, 1.82) is 0 Å². The minimum atomic E-state index is -0.377. The third-order valence-electron chi connectivity index (χ3n) is 3.48. The Kier molecular flexibility index (Phi) is 3.98. The number of benzene rings is 1. The highest BCUT2D eigenvalue weighted by Gasteiger charge is 2.13. The Morgan fingerprint density at radius 1 is 1.24 bits per heavy atom. The first-order valence-electron chi connectivity index (χ1n) is 6.97. The molecule has 2 N–H and O–H groups in total. The van der Waals surface area contributed by atoms with E-state index in [0.717, 1.165) is 31.6 Å². The summed E-state index contributed by atoms with van der Waals surface area (Å²) in [6.45, 7) is 4.00. The average molecular weight is 287 g/mol. The third-order valence-corrected chi connectivity index (χ3v) is 3.48. The summed E-state index contributed by atoms with van der Waals surface area (Å²) < 4.78 is 5.06. The molecule has 2 heterocycles. The molecule has 1 aromatic carbocycles. The highest BCUT2D eigenvalue weighted by atomic mass is 16.4. The van der Waals surface area contributed by atoms with Crippen molar-refractivity contribution in [3.8, 4) is 0 Å². The van der Waals surface area contributed by atoms with Crippen LogP contribution in [0.2, 0.25) is 0 Å². The Morgan fingerprint density at radius 3 is 2.86 bits per heavy atom. The molecule has 1 aliphatic heterocycles. The maximum Gasteiger partial charge on any atom is 0.336 e. The summed E-state index contributed by atoms with van der Waals surface area (Å²) in [4.78, 5) is 25.3. The van der Waals surface area contributed by atoms with Crippen LogP contribution >= 0.6 is 0 Å². The van der Waals surface area contributed by atoms with Gasteiger partial charge in [-0.25, -0.2) is 4.79 Å². The minimum absolute atomic E-state index is 0.0337. The quantitative estimate of drug-likeness (QED) is 0.810. The fourth-order valence-corrected chi connectivity index (χ4v) is 2.42. The molecule has 1 aromatic heterocycles. The molecule has 0 radical (unpaired) electrons. The second-order valence-electron chi connectivity index (χ2n) is 5.08. The molecule has 6 nitrogen and oxygen atoms in total. The van der Waals surface area contributed by atoms with Crippen molar-refractivity contribution in [2.24, 2.45) is 0 Å². The number of anilines is 1. The predicted octanol–water partition coefficient (Wildman–Crippen LogP) is 0.637. The average Bonchev–Trinajstić information content (AvgIpc) is 2.48. The number of hydrogen-bond donors (Lipinski definition) is 2. The van der Waals surface area contributed by atoms with Crippen molar-refractivity contribution in [1.82, 2.24) is 10.2 Å². The number of nitrogens with one attached hydrogen (secondary N) is 2. The van der Waals surface area contributed by atoms with Crippen LogP contribution in [0.15, 0.2) is 39.5 Å². The lowest BCUT2D eigenvalue weighted by atomic mass is 10.2. The first-order valence-corrected chi connectivity index (χ1v) is 6.97. The first kappa shape index (κ1) is 13.8. The fourth-order valence-electron chi connectivity index (χ4n) is 2.42. The topological polar surface area (TPSA) is 74.6 Å². The molecule has 0 spiro atoms. The molecule has 0 atom stereocenters. The van der Waals surface area contributed by atoms with Gasteiger partial charge < -0.3 is 15.1 Å². The number of rotatable bonds is 3. The van der Waals surface area contributed by atoms with E-state index in [-0.39, 0.29) is 11.5 Å². The van der Waals surface area contributed by atoms with E-state index < -0.39 is 0 Å². The summed E-state index contributed by atoms with van der Waals surface area (Å²) in [6, 6.07) is 8.29. The Labute approximate surface area is 121 Å². The SMILES string of the molecule is O=C(CN1CCNCC1)Nc1ccc2oc(=O)ccc2c1. The third kappa shape index (κ3) is 3.48. The number of nitrogens with zero attached hydrogens (tertiary/aromatic N) is 1. The molecule has 1 aliphatic rings. The lowest BCUT2D eigenvalue weighted by Crippen LogP contribution is -2.46. The van der Waals surface area contributed by atoms with Gasteiger partial charge in [-0.15, -0.1) is 0 Å².